The second-order valence-electron chi connectivity index (χ2n) is 11.2. The molecule has 2 aliphatic rings. The molecule has 0 aromatic heterocycles. The maximum Gasteiger partial charge on any atom is -0.00231 e. The van der Waals surface area contributed by atoms with Crippen molar-refractivity contribution in [2.75, 3.05) is 0 Å². The van der Waals surface area contributed by atoms with E-state index in [1.165, 1.54) is 77.2 Å². The van der Waals surface area contributed by atoms with Crippen LogP contribution in [-0.4, -0.2) is 0 Å². The quantitative estimate of drug-likeness (QED) is 0.202. The van der Waals surface area contributed by atoms with Crippen LogP contribution in [0.5, 0.6) is 0 Å². The highest BCUT2D eigenvalue weighted by Crippen LogP contribution is 2.40. The van der Waals surface area contributed by atoms with Gasteiger partial charge in [0, 0.05) is 0 Å². The topological polar surface area (TPSA) is 0 Å². The molecule has 0 aliphatic heterocycles. The Morgan fingerprint density at radius 2 is 1.09 bits per heavy atom. The van der Waals surface area contributed by atoms with Crippen molar-refractivity contribution in [3.63, 3.8) is 0 Å². The van der Waals surface area contributed by atoms with E-state index in [0.29, 0.717) is 0 Å². The van der Waals surface area contributed by atoms with Gasteiger partial charge in [0.05, 0.1) is 0 Å². The number of rotatable bonds is 5. The lowest BCUT2D eigenvalue weighted by Gasteiger charge is -2.19. The summed E-state index contributed by atoms with van der Waals surface area (Å²) >= 11 is 0. The van der Waals surface area contributed by atoms with E-state index in [-0.39, 0.29) is 0 Å². The van der Waals surface area contributed by atoms with Gasteiger partial charge in [-0.25, -0.2) is 0 Å². The zero-order chi connectivity index (χ0) is 28.6. The van der Waals surface area contributed by atoms with Gasteiger partial charge in [-0.1, -0.05) is 158 Å². The monoisotopic (exact) mass is 546 g/mol. The fourth-order valence-electron chi connectivity index (χ4n) is 6.82. The van der Waals surface area contributed by atoms with Crippen molar-refractivity contribution in [2.24, 2.45) is 0 Å². The van der Waals surface area contributed by atoms with Gasteiger partial charge in [0.25, 0.3) is 0 Å². The summed E-state index contributed by atoms with van der Waals surface area (Å²) in [5.74, 6) is 0. The maximum absolute atomic E-state index is 2.48. The third-order valence-electron chi connectivity index (χ3n) is 8.67. The van der Waals surface area contributed by atoms with Crippen molar-refractivity contribution in [1.29, 1.82) is 0 Å². The molecular weight excluding hydrogens is 516 g/mol. The molecule has 0 heteroatoms. The van der Waals surface area contributed by atoms with Crippen molar-refractivity contribution in [3.05, 3.63) is 197 Å². The summed E-state index contributed by atoms with van der Waals surface area (Å²) in [6.45, 7) is 0. The van der Waals surface area contributed by atoms with Crippen molar-refractivity contribution in [1.82, 2.24) is 0 Å². The van der Waals surface area contributed by atoms with Gasteiger partial charge in [-0.15, -0.1) is 0 Å². The van der Waals surface area contributed by atoms with E-state index in [2.05, 4.69) is 170 Å². The summed E-state index contributed by atoms with van der Waals surface area (Å²) in [6, 6.07) is 52.8. The van der Waals surface area contributed by atoms with Crippen molar-refractivity contribution < 1.29 is 0 Å². The summed E-state index contributed by atoms with van der Waals surface area (Å²) < 4.78 is 0. The Labute approximate surface area is 253 Å². The van der Waals surface area contributed by atoms with Crippen LogP contribution in [0.1, 0.15) is 28.7 Å². The molecule has 6 aromatic rings. The second kappa shape index (κ2) is 10.7. The predicted molar refractivity (Wildman–Crippen MR) is 182 cm³/mol. The Balaban J connectivity index is 1.60. The van der Waals surface area contributed by atoms with Gasteiger partial charge in [-0.05, 0) is 95.8 Å². The van der Waals surface area contributed by atoms with Gasteiger partial charge in [0.15, 0.2) is 0 Å². The molecular formula is C43H30. The van der Waals surface area contributed by atoms with Crippen LogP contribution in [0.15, 0.2) is 164 Å². The van der Waals surface area contributed by atoms with Gasteiger partial charge in [0.1, 0.15) is 0 Å². The van der Waals surface area contributed by atoms with E-state index >= 15 is 0 Å². The molecule has 0 fully saturated rings. The zero-order valence-corrected chi connectivity index (χ0v) is 23.9. The van der Waals surface area contributed by atoms with E-state index in [9.17, 15) is 0 Å². The predicted octanol–water partition coefficient (Wildman–Crippen LogP) is 9.42. The summed E-state index contributed by atoms with van der Waals surface area (Å²) in [4.78, 5) is 0. The van der Waals surface area contributed by atoms with E-state index in [1.54, 1.807) is 0 Å². The SMILES string of the molecule is C1=CCC(c2c(-c3ccccc3)c(=C(c3ccccc3)c3ccccc3)cc3c2=Cc2cccc(-c4ccccc4)c2-3)=C1. The van der Waals surface area contributed by atoms with Crippen LogP contribution in [0, 0.1) is 0 Å². The Morgan fingerprint density at radius 3 is 1.70 bits per heavy atom. The summed E-state index contributed by atoms with van der Waals surface area (Å²) in [7, 11) is 0. The van der Waals surface area contributed by atoms with Gasteiger partial charge in [0.2, 0.25) is 0 Å². The van der Waals surface area contributed by atoms with Crippen molar-refractivity contribution in [3.8, 4) is 33.4 Å². The Hall–Kier alpha value is -5.46. The van der Waals surface area contributed by atoms with E-state index in [1.807, 2.05) is 0 Å². The Kier molecular flexibility index (Phi) is 6.31. The standard InChI is InChI=1S/C43H30/c1-5-16-30(17-6-1)36-27-15-26-35-28-37-38(41(35)36)29-39(40(31-18-7-2-8-19-31)32-20-9-3-10-21-32)43(34-22-11-4-12-23-34)42(37)33-24-13-14-25-33/h1-24,26-29H,25H2. The third-order valence-corrected chi connectivity index (χ3v) is 8.67. The molecule has 43 heavy (non-hydrogen) atoms. The minimum absolute atomic E-state index is 0.928. The zero-order valence-electron chi connectivity index (χ0n) is 23.9. The molecule has 0 saturated carbocycles. The van der Waals surface area contributed by atoms with Gasteiger partial charge >= 0.3 is 0 Å². The highest BCUT2D eigenvalue weighted by atomic mass is 14.3. The van der Waals surface area contributed by atoms with Crippen LogP contribution < -0.4 is 10.4 Å². The smallest absolute Gasteiger partial charge is 0.00231 e. The normalized spacial score (nSPS) is 12.8. The largest absolute Gasteiger partial charge is 0.0801 e. The lowest BCUT2D eigenvalue weighted by Crippen LogP contribution is -2.23. The molecule has 0 heterocycles. The molecule has 2 aliphatic carbocycles. The lowest BCUT2D eigenvalue weighted by atomic mass is 9.83. The molecule has 202 valence electrons. The van der Waals surface area contributed by atoms with Gasteiger partial charge < -0.3 is 0 Å². The number of hydrogen-bond acceptors (Lipinski definition) is 0. The van der Waals surface area contributed by atoms with Gasteiger partial charge in [-0.2, -0.15) is 0 Å². The van der Waals surface area contributed by atoms with Crippen molar-refractivity contribution in [2.45, 2.75) is 6.42 Å². The second-order valence-corrected chi connectivity index (χ2v) is 11.2. The third kappa shape index (κ3) is 4.40. The first kappa shape index (κ1) is 25.3. The van der Waals surface area contributed by atoms with Crippen LogP contribution in [-0.2, 0) is 0 Å². The molecule has 0 radical (unpaired) electrons. The van der Waals surface area contributed by atoms with E-state index < -0.39 is 0 Å². The molecule has 0 nitrogen and oxygen atoms in total. The van der Waals surface area contributed by atoms with E-state index in [0.717, 1.165) is 6.42 Å². The first-order valence-corrected chi connectivity index (χ1v) is 15.0. The average molecular weight is 547 g/mol. The van der Waals surface area contributed by atoms with Crippen LogP contribution >= 0.6 is 0 Å². The first-order chi connectivity index (χ1) is 21.4. The minimum atomic E-state index is 0.928. The molecule has 0 bridgehead atoms. The number of fused-ring (bicyclic) bond motifs is 3. The maximum atomic E-state index is 2.48. The molecule has 0 unspecified atom stereocenters. The van der Waals surface area contributed by atoms with Crippen molar-refractivity contribution >= 4 is 17.2 Å². The average Bonchev–Trinajstić information content (AvgIpc) is 3.75. The van der Waals surface area contributed by atoms with Crippen LogP contribution in [0.2, 0.25) is 0 Å². The number of allylic oxidation sites excluding steroid dienone is 4. The molecule has 6 aromatic carbocycles. The minimum Gasteiger partial charge on any atom is -0.0801 e. The highest BCUT2D eigenvalue weighted by molar-refractivity contribution is 5.99. The Morgan fingerprint density at radius 1 is 0.488 bits per heavy atom. The van der Waals surface area contributed by atoms with Crippen LogP contribution in [0.25, 0.3) is 50.6 Å². The fourth-order valence-corrected chi connectivity index (χ4v) is 6.82. The number of hydrogen-bond donors (Lipinski definition) is 0. The highest BCUT2D eigenvalue weighted by Gasteiger charge is 2.25. The molecule has 0 saturated heterocycles. The first-order valence-electron chi connectivity index (χ1n) is 15.0. The molecule has 8 rings (SSSR count). The van der Waals surface area contributed by atoms with E-state index in [4.69, 9.17) is 0 Å². The van der Waals surface area contributed by atoms with Crippen LogP contribution in [0.3, 0.4) is 0 Å². The lowest BCUT2D eigenvalue weighted by molar-refractivity contribution is 1.38. The fraction of sp³-hybridized carbons (Fsp3) is 0.0233. The molecule has 0 spiro atoms. The summed E-state index contributed by atoms with van der Waals surface area (Å²) in [6.07, 6.45) is 10.1. The number of benzene rings is 6. The molecule has 0 atom stereocenters. The molecule has 0 amide bonds. The molecule has 0 N–H and O–H groups in total. The summed E-state index contributed by atoms with van der Waals surface area (Å²) in [5.41, 5.74) is 15.3. The van der Waals surface area contributed by atoms with Gasteiger partial charge in [-0.3, -0.25) is 0 Å². The Bertz CT molecular complexity index is 2110. The summed E-state index contributed by atoms with van der Waals surface area (Å²) in [5, 5.41) is 2.57. The van der Waals surface area contributed by atoms with Crippen LogP contribution in [0.4, 0.5) is 0 Å².